The fourth-order valence-electron chi connectivity index (χ4n) is 2.90. The van der Waals surface area contributed by atoms with Crippen LogP contribution in [0.2, 0.25) is 0 Å². The Labute approximate surface area is 210 Å². The normalized spacial score (nSPS) is 10.4. The van der Waals surface area contributed by atoms with Gasteiger partial charge in [0.25, 0.3) is 0 Å². The summed E-state index contributed by atoms with van der Waals surface area (Å²) in [6, 6.07) is 20.9. The van der Waals surface area contributed by atoms with E-state index in [1.54, 1.807) is 25.5 Å². The number of hydrogen-bond donors (Lipinski definition) is 1. The predicted octanol–water partition coefficient (Wildman–Crippen LogP) is 2.79. The first-order chi connectivity index (χ1) is 16.2. The van der Waals surface area contributed by atoms with E-state index in [1.807, 2.05) is 66.7 Å². The van der Waals surface area contributed by atoms with Gasteiger partial charge in [0.05, 0.1) is 42.5 Å². The van der Waals surface area contributed by atoms with Crippen LogP contribution < -0.4 is 10.8 Å². The number of aliphatic imine (C=N–C) groups is 1. The third-order valence-electron chi connectivity index (χ3n) is 4.50. The van der Waals surface area contributed by atoms with Gasteiger partial charge in [0.1, 0.15) is 0 Å². The van der Waals surface area contributed by atoms with E-state index in [4.69, 9.17) is 10.5 Å². The monoisotopic (exact) mass is 498 g/mol. The Morgan fingerprint density at radius 3 is 2.12 bits per heavy atom. The summed E-state index contributed by atoms with van der Waals surface area (Å²) in [5.41, 5.74) is 9.07. The van der Waals surface area contributed by atoms with Gasteiger partial charge in [-0.15, -0.1) is 0 Å². The van der Waals surface area contributed by atoms with E-state index >= 15 is 0 Å². The van der Waals surface area contributed by atoms with E-state index < -0.39 is 0 Å². The number of aromatic nitrogens is 4. The molecule has 1 aromatic carbocycles. The summed E-state index contributed by atoms with van der Waals surface area (Å²) in [6.45, 7) is 3.81. The van der Waals surface area contributed by atoms with E-state index in [-0.39, 0.29) is 22.9 Å². The van der Waals surface area contributed by atoms with Gasteiger partial charge in [0.2, 0.25) is 0 Å². The van der Waals surface area contributed by atoms with Gasteiger partial charge in [0, 0.05) is 36.6 Å². The third kappa shape index (κ3) is 7.90. The van der Waals surface area contributed by atoms with E-state index in [2.05, 4.69) is 20.1 Å². The van der Waals surface area contributed by atoms with Crippen LogP contribution in [0.5, 0.6) is 5.88 Å². The molecule has 2 N–H and O–H groups in total. The van der Waals surface area contributed by atoms with Crippen molar-refractivity contribution in [2.24, 2.45) is 10.7 Å². The summed E-state index contributed by atoms with van der Waals surface area (Å²) in [5, 5.41) is 16.6. The Hall–Kier alpha value is -3.36. The van der Waals surface area contributed by atoms with Gasteiger partial charge >= 0.3 is 17.1 Å². The van der Waals surface area contributed by atoms with Gasteiger partial charge in [-0.3, -0.25) is 15.0 Å². The van der Waals surface area contributed by atoms with Gasteiger partial charge in [-0.1, -0.05) is 30.3 Å². The molecule has 4 aromatic rings. The van der Waals surface area contributed by atoms with Crippen LogP contribution in [0.15, 0.2) is 84.1 Å². The number of para-hydroxylation sites is 1. The summed E-state index contributed by atoms with van der Waals surface area (Å²) in [7, 11) is 0. The van der Waals surface area contributed by atoms with Gasteiger partial charge < -0.3 is 15.6 Å². The van der Waals surface area contributed by atoms with E-state index in [1.165, 1.54) is 4.68 Å². The molecule has 0 aliphatic rings. The number of benzene rings is 1. The number of nitrogens with two attached hydrogens (primary N) is 1. The summed E-state index contributed by atoms with van der Waals surface area (Å²) in [5.74, 6) is -0.162. The van der Waals surface area contributed by atoms with E-state index in [9.17, 15) is 5.11 Å². The van der Waals surface area contributed by atoms with Crippen LogP contribution in [-0.2, 0) is 21.8 Å². The second-order valence-corrected chi connectivity index (χ2v) is 6.92. The largest absolute Gasteiger partial charge is 3.00 e. The Kier molecular flexibility index (Phi) is 11.6. The average Bonchev–Trinajstić information content (AvgIpc) is 3.16. The molecule has 0 radical (unpaired) electrons. The van der Waals surface area contributed by atoms with Crippen molar-refractivity contribution in [3.63, 3.8) is 0 Å². The Morgan fingerprint density at radius 1 is 0.941 bits per heavy atom. The number of ether oxygens (including phenoxy) is 1. The molecule has 0 bridgehead atoms. The van der Waals surface area contributed by atoms with Gasteiger partial charge in [-0.25, -0.2) is 4.68 Å². The molecule has 0 atom stereocenters. The molecule has 0 spiro atoms. The number of hydrogen-bond acceptors (Lipinski definition) is 7. The van der Waals surface area contributed by atoms with Crippen LogP contribution >= 0.6 is 0 Å². The van der Waals surface area contributed by atoms with Crippen molar-refractivity contribution in [2.75, 3.05) is 26.3 Å². The fourth-order valence-corrected chi connectivity index (χ4v) is 2.90. The van der Waals surface area contributed by atoms with Crippen molar-refractivity contribution < 1.29 is 26.9 Å². The van der Waals surface area contributed by atoms with Crippen LogP contribution in [0.1, 0.15) is 11.3 Å². The molecule has 3 aromatic heterocycles. The van der Waals surface area contributed by atoms with Crippen LogP contribution in [0, 0.1) is 6.92 Å². The maximum absolute atomic E-state index is 12.3. The Bertz CT molecular complexity index is 1080. The van der Waals surface area contributed by atoms with E-state index in [0.717, 1.165) is 17.1 Å². The molecule has 0 fully saturated rings. The van der Waals surface area contributed by atoms with Crippen molar-refractivity contribution in [1.82, 2.24) is 19.7 Å². The van der Waals surface area contributed by atoms with Crippen molar-refractivity contribution in [1.29, 1.82) is 0 Å². The zero-order valence-corrected chi connectivity index (χ0v) is 20.1. The third-order valence-corrected chi connectivity index (χ3v) is 4.50. The van der Waals surface area contributed by atoms with Crippen molar-refractivity contribution >= 4 is 6.21 Å². The molecule has 0 saturated carbocycles. The molecule has 0 unspecified atom stereocenters. The Morgan fingerprint density at radius 2 is 1.56 bits per heavy atom. The van der Waals surface area contributed by atoms with Crippen LogP contribution in [0.3, 0.4) is 0 Å². The van der Waals surface area contributed by atoms with E-state index in [0.29, 0.717) is 37.6 Å². The van der Waals surface area contributed by atoms with Crippen LogP contribution in [0.4, 0.5) is 0 Å². The number of pyridine rings is 2. The number of nitrogens with zero attached hydrogens (tertiary/aromatic N) is 5. The second kappa shape index (κ2) is 14.7. The average molecular weight is 498 g/mol. The molecule has 0 amide bonds. The van der Waals surface area contributed by atoms with Gasteiger partial charge in [-0.05, 0) is 43.3 Å². The summed E-state index contributed by atoms with van der Waals surface area (Å²) >= 11 is 0. The fraction of sp³-hybridized carbons (Fsp3) is 0.200. The summed E-state index contributed by atoms with van der Waals surface area (Å²) < 4.78 is 6.61. The zero-order chi connectivity index (χ0) is 23.3. The standard InChI is InChI=1S/C15H20N4O2.C10H8N2.Mn/c1-12-14(11-17-8-10-21-9-7-16)15(20)19(18-12)13-5-3-2-4-6-13;1-3-7-11-9(5-1)10-6-2-4-8-12-10;/h2-6,11,20H,7-10,16H2,1H3;1-8H;/q;;+3/p-1. The number of rotatable bonds is 8. The smallest absolute Gasteiger partial charge is 0.858 e. The van der Waals surface area contributed by atoms with Crippen molar-refractivity contribution in [3.05, 3.63) is 90.4 Å². The first-order valence-electron chi connectivity index (χ1n) is 10.6. The molecule has 34 heavy (non-hydrogen) atoms. The number of aryl methyl sites for hydroxylation is 1. The minimum Gasteiger partial charge on any atom is -0.858 e. The van der Waals surface area contributed by atoms with Crippen molar-refractivity contribution in [3.8, 4) is 23.0 Å². The maximum Gasteiger partial charge on any atom is 3.00 e. The SMILES string of the molecule is Cc1nn(-c2ccccc2)c([O-])c1C=NCCOCCN.[Mn+3].c1ccc(-c2ccccn2)nc1. The quantitative estimate of drug-likeness (QED) is 0.227. The molecule has 174 valence electrons. The molecule has 0 aliphatic carbocycles. The summed E-state index contributed by atoms with van der Waals surface area (Å²) in [6.07, 6.45) is 5.10. The minimum atomic E-state index is -0.162. The first-order valence-corrected chi connectivity index (χ1v) is 10.6. The second-order valence-electron chi connectivity index (χ2n) is 6.92. The molecular formula is C25H27MnN6O2+2. The predicted molar refractivity (Wildman–Crippen MR) is 128 cm³/mol. The van der Waals surface area contributed by atoms with Crippen molar-refractivity contribution in [2.45, 2.75) is 6.92 Å². The zero-order valence-electron chi connectivity index (χ0n) is 18.9. The molecule has 0 saturated heterocycles. The Balaban J connectivity index is 0.000000266. The molecule has 8 nitrogen and oxygen atoms in total. The molecule has 0 aliphatic heterocycles. The molecule has 4 rings (SSSR count). The molecule has 9 heteroatoms. The minimum absolute atomic E-state index is 0. The van der Waals surface area contributed by atoms with Gasteiger partial charge in [0.15, 0.2) is 0 Å². The van der Waals surface area contributed by atoms with Crippen LogP contribution in [0.25, 0.3) is 17.1 Å². The topological polar surface area (TPSA) is 114 Å². The molecule has 3 heterocycles. The first kappa shape index (κ1) is 26.9. The molecular weight excluding hydrogens is 471 g/mol. The summed E-state index contributed by atoms with van der Waals surface area (Å²) in [4.78, 5) is 12.6. The van der Waals surface area contributed by atoms with Gasteiger partial charge in [-0.2, -0.15) is 5.10 Å². The maximum atomic E-state index is 12.3. The van der Waals surface area contributed by atoms with Crippen LogP contribution in [-0.4, -0.2) is 52.3 Å².